The minimum absolute atomic E-state index is 0.0144. The summed E-state index contributed by atoms with van der Waals surface area (Å²) in [5.41, 5.74) is 0.688. The van der Waals surface area contributed by atoms with E-state index in [0.717, 1.165) is 0 Å². The lowest BCUT2D eigenvalue weighted by atomic mass is 10.2. The predicted molar refractivity (Wildman–Crippen MR) is 102 cm³/mol. The van der Waals surface area contributed by atoms with Crippen molar-refractivity contribution in [3.05, 3.63) is 40.9 Å². The molecular weight excluding hydrogens is 390 g/mol. The van der Waals surface area contributed by atoms with E-state index in [1.807, 2.05) is 0 Å². The second kappa shape index (κ2) is 9.07. The van der Waals surface area contributed by atoms with Gasteiger partial charge in [-0.05, 0) is 18.2 Å². The number of rotatable bonds is 8. The summed E-state index contributed by atoms with van der Waals surface area (Å²) in [6.45, 7) is 4.20. The Balaban J connectivity index is 2.17. The monoisotopic (exact) mass is 411 g/mol. The number of amides is 1. The van der Waals surface area contributed by atoms with Gasteiger partial charge in [0.15, 0.2) is 5.13 Å². The Labute approximate surface area is 162 Å². The molecule has 1 N–H and O–H groups in total. The van der Waals surface area contributed by atoms with Crippen LogP contribution in [0.5, 0.6) is 0 Å². The molecule has 0 saturated carbocycles. The van der Waals surface area contributed by atoms with Gasteiger partial charge in [0.05, 0.1) is 24.1 Å². The van der Waals surface area contributed by atoms with Crippen molar-refractivity contribution in [2.45, 2.75) is 25.2 Å². The highest BCUT2D eigenvalue weighted by Crippen LogP contribution is 2.20. The summed E-state index contributed by atoms with van der Waals surface area (Å²) in [5.74, 6) is -0.905. The lowest BCUT2D eigenvalue weighted by Gasteiger charge is -2.18. The molecule has 0 aliphatic rings. The number of aromatic nitrogens is 1. The zero-order valence-electron chi connectivity index (χ0n) is 15.3. The molecule has 0 unspecified atom stereocenters. The summed E-state index contributed by atoms with van der Waals surface area (Å²) in [7, 11) is -2.37. The van der Waals surface area contributed by atoms with Gasteiger partial charge < -0.3 is 4.74 Å². The number of carbonyl (C=O) groups is 2. The molecule has 1 amide bonds. The van der Waals surface area contributed by atoms with Crippen LogP contribution in [0.25, 0.3) is 0 Å². The lowest BCUT2D eigenvalue weighted by Crippen LogP contribution is -2.30. The number of carbonyl (C=O) groups excluding carboxylic acids is 2. The van der Waals surface area contributed by atoms with E-state index in [1.54, 1.807) is 19.2 Å². The molecule has 0 radical (unpaired) electrons. The standard InChI is InChI=1S/C17H21N3O5S2/c1-4-20(5-2)27(23,24)14-8-6-7-12(9-14)16(22)19-17-18-13(11-26-17)10-15(21)25-3/h6-9,11H,4-5,10H2,1-3H3,(H,18,19,22). The van der Waals surface area contributed by atoms with Crippen molar-refractivity contribution in [2.75, 3.05) is 25.5 Å². The van der Waals surface area contributed by atoms with Gasteiger partial charge in [0, 0.05) is 24.0 Å². The SMILES string of the molecule is CCN(CC)S(=O)(=O)c1cccc(C(=O)Nc2nc(CC(=O)OC)cs2)c1. The van der Waals surface area contributed by atoms with Gasteiger partial charge in [-0.15, -0.1) is 11.3 Å². The summed E-state index contributed by atoms with van der Waals surface area (Å²) in [5, 5.41) is 4.58. The maximum absolute atomic E-state index is 12.6. The first-order valence-electron chi connectivity index (χ1n) is 8.24. The Morgan fingerprint density at radius 3 is 2.59 bits per heavy atom. The molecule has 0 spiro atoms. The normalized spacial score (nSPS) is 11.4. The maximum atomic E-state index is 12.6. The molecule has 1 aromatic heterocycles. The first-order valence-corrected chi connectivity index (χ1v) is 10.6. The van der Waals surface area contributed by atoms with Crippen molar-refractivity contribution in [3.63, 3.8) is 0 Å². The molecule has 0 aliphatic heterocycles. The molecule has 8 nitrogen and oxygen atoms in total. The van der Waals surface area contributed by atoms with Crippen LogP contribution in [0.1, 0.15) is 29.9 Å². The number of nitrogens with one attached hydrogen (secondary N) is 1. The maximum Gasteiger partial charge on any atom is 0.311 e. The molecule has 2 aromatic rings. The van der Waals surface area contributed by atoms with Crippen LogP contribution in [0.4, 0.5) is 5.13 Å². The van der Waals surface area contributed by atoms with Gasteiger partial charge in [-0.3, -0.25) is 14.9 Å². The van der Waals surface area contributed by atoms with Gasteiger partial charge in [0.25, 0.3) is 5.91 Å². The van der Waals surface area contributed by atoms with Gasteiger partial charge in [0.2, 0.25) is 10.0 Å². The Morgan fingerprint density at radius 1 is 1.26 bits per heavy atom. The van der Waals surface area contributed by atoms with Crippen LogP contribution >= 0.6 is 11.3 Å². The number of nitrogens with zero attached hydrogens (tertiary/aromatic N) is 2. The summed E-state index contributed by atoms with van der Waals surface area (Å²) in [4.78, 5) is 27.9. The van der Waals surface area contributed by atoms with Crippen molar-refractivity contribution in [1.82, 2.24) is 9.29 Å². The van der Waals surface area contributed by atoms with Crippen molar-refractivity contribution in [3.8, 4) is 0 Å². The fourth-order valence-corrected chi connectivity index (χ4v) is 4.56. The van der Waals surface area contributed by atoms with Gasteiger partial charge in [0.1, 0.15) is 0 Å². The van der Waals surface area contributed by atoms with E-state index in [2.05, 4.69) is 15.0 Å². The molecular formula is C17H21N3O5S2. The van der Waals surface area contributed by atoms with Crippen molar-refractivity contribution in [2.24, 2.45) is 0 Å². The first kappa shape index (κ1) is 21.0. The van der Waals surface area contributed by atoms with Crippen LogP contribution in [0.3, 0.4) is 0 Å². The third-order valence-corrected chi connectivity index (χ3v) is 6.62. The van der Waals surface area contributed by atoms with E-state index in [0.29, 0.717) is 23.9 Å². The zero-order chi connectivity index (χ0) is 20.0. The van der Waals surface area contributed by atoms with E-state index in [9.17, 15) is 18.0 Å². The largest absolute Gasteiger partial charge is 0.469 e. The van der Waals surface area contributed by atoms with Gasteiger partial charge in [-0.1, -0.05) is 19.9 Å². The molecule has 0 aliphatic carbocycles. The van der Waals surface area contributed by atoms with Crippen LogP contribution in [0, 0.1) is 0 Å². The van der Waals surface area contributed by atoms with Crippen LogP contribution in [0.15, 0.2) is 34.5 Å². The second-order valence-corrected chi connectivity index (χ2v) is 8.26. The van der Waals surface area contributed by atoms with Gasteiger partial charge in [-0.2, -0.15) is 4.31 Å². The number of anilines is 1. The molecule has 1 aromatic carbocycles. The average molecular weight is 412 g/mol. The fraction of sp³-hybridized carbons (Fsp3) is 0.353. The minimum Gasteiger partial charge on any atom is -0.469 e. The molecule has 10 heteroatoms. The van der Waals surface area contributed by atoms with E-state index in [4.69, 9.17) is 0 Å². The number of esters is 1. The molecule has 1 heterocycles. The molecule has 146 valence electrons. The van der Waals surface area contributed by atoms with E-state index < -0.39 is 21.9 Å². The van der Waals surface area contributed by atoms with Crippen molar-refractivity contribution >= 4 is 38.4 Å². The molecule has 0 fully saturated rings. The Kier molecular flexibility index (Phi) is 7.05. The minimum atomic E-state index is -3.65. The third kappa shape index (κ3) is 5.12. The van der Waals surface area contributed by atoms with Crippen molar-refractivity contribution in [1.29, 1.82) is 0 Å². The van der Waals surface area contributed by atoms with Crippen LogP contribution in [-0.2, 0) is 26.0 Å². The number of hydrogen-bond acceptors (Lipinski definition) is 7. The molecule has 0 saturated heterocycles. The first-order chi connectivity index (χ1) is 12.8. The molecule has 2 rings (SSSR count). The molecule has 27 heavy (non-hydrogen) atoms. The smallest absolute Gasteiger partial charge is 0.311 e. The summed E-state index contributed by atoms with van der Waals surface area (Å²) in [6, 6.07) is 5.85. The Hall–Kier alpha value is -2.30. The second-order valence-electron chi connectivity index (χ2n) is 5.47. The van der Waals surface area contributed by atoms with Gasteiger partial charge >= 0.3 is 5.97 Å². The quantitative estimate of drug-likeness (QED) is 0.667. The number of sulfonamides is 1. The van der Waals surface area contributed by atoms with E-state index in [1.165, 1.54) is 47.0 Å². The van der Waals surface area contributed by atoms with Crippen molar-refractivity contribution < 1.29 is 22.7 Å². The van der Waals surface area contributed by atoms with Gasteiger partial charge in [-0.25, -0.2) is 13.4 Å². The number of hydrogen-bond donors (Lipinski definition) is 1. The fourth-order valence-electron chi connectivity index (χ4n) is 2.35. The summed E-state index contributed by atoms with van der Waals surface area (Å²) >= 11 is 1.17. The van der Waals surface area contributed by atoms with E-state index in [-0.39, 0.29) is 16.9 Å². The van der Waals surface area contributed by atoms with Crippen LogP contribution < -0.4 is 5.32 Å². The van der Waals surface area contributed by atoms with Crippen LogP contribution in [0.2, 0.25) is 0 Å². The molecule has 0 atom stereocenters. The lowest BCUT2D eigenvalue weighted by molar-refractivity contribution is -0.139. The summed E-state index contributed by atoms with van der Waals surface area (Å²) < 4.78 is 31.1. The Morgan fingerprint density at radius 2 is 1.96 bits per heavy atom. The highest BCUT2D eigenvalue weighted by molar-refractivity contribution is 7.89. The predicted octanol–water partition coefficient (Wildman–Crippen LogP) is 2.14. The number of ether oxygens (including phenoxy) is 1. The Bertz CT molecular complexity index is 920. The number of benzene rings is 1. The number of methoxy groups -OCH3 is 1. The molecule has 0 bridgehead atoms. The summed E-state index contributed by atoms with van der Waals surface area (Å²) in [6.07, 6.45) is 0.0144. The highest BCUT2D eigenvalue weighted by Gasteiger charge is 2.22. The third-order valence-electron chi connectivity index (χ3n) is 3.76. The number of thiazole rings is 1. The highest BCUT2D eigenvalue weighted by atomic mass is 32.2. The van der Waals surface area contributed by atoms with Crippen LogP contribution in [-0.4, -0.2) is 49.8 Å². The van der Waals surface area contributed by atoms with E-state index >= 15 is 0 Å². The average Bonchev–Trinajstić information content (AvgIpc) is 3.09. The zero-order valence-corrected chi connectivity index (χ0v) is 16.9. The topological polar surface area (TPSA) is 106 Å².